The summed E-state index contributed by atoms with van der Waals surface area (Å²) in [4.78, 5) is 21.9. The molecule has 0 heterocycles. The maximum Gasteiger partial charge on any atom is 0.302 e. The first kappa shape index (κ1) is 17.0. The molecule has 4 nitrogen and oxygen atoms in total. The van der Waals surface area contributed by atoms with Crippen LogP contribution >= 0.6 is 0 Å². The molecule has 0 amide bonds. The largest absolute Gasteiger partial charge is 0.466 e. The number of rotatable bonds is 7. The Kier molecular flexibility index (Phi) is 7.23. The smallest absolute Gasteiger partial charge is 0.302 e. The second-order valence-corrected chi connectivity index (χ2v) is 5.02. The van der Waals surface area contributed by atoms with Crippen molar-refractivity contribution in [2.75, 3.05) is 13.2 Å². The third-order valence-electron chi connectivity index (χ3n) is 3.09. The number of esters is 2. The maximum atomic E-state index is 11.0. The lowest BCUT2D eigenvalue weighted by Crippen LogP contribution is -2.22. The van der Waals surface area contributed by atoms with Crippen LogP contribution in [0.4, 0.5) is 0 Å². The van der Waals surface area contributed by atoms with Gasteiger partial charge in [0, 0.05) is 19.8 Å². The van der Waals surface area contributed by atoms with Crippen LogP contribution in [-0.4, -0.2) is 25.2 Å². The molecule has 0 bridgehead atoms. The van der Waals surface area contributed by atoms with Gasteiger partial charge in [-0.15, -0.1) is 0 Å². The van der Waals surface area contributed by atoms with Gasteiger partial charge in [-0.3, -0.25) is 9.59 Å². The first-order chi connectivity index (χ1) is 9.99. The third-order valence-corrected chi connectivity index (χ3v) is 3.09. The highest BCUT2D eigenvalue weighted by Crippen LogP contribution is 2.17. The van der Waals surface area contributed by atoms with Gasteiger partial charge in [0.1, 0.15) is 0 Å². The molecule has 0 radical (unpaired) electrons. The van der Waals surface area contributed by atoms with E-state index in [1.54, 1.807) is 0 Å². The van der Waals surface area contributed by atoms with Crippen molar-refractivity contribution in [1.29, 1.82) is 0 Å². The Labute approximate surface area is 125 Å². The van der Waals surface area contributed by atoms with Crippen molar-refractivity contribution in [1.82, 2.24) is 0 Å². The van der Waals surface area contributed by atoms with E-state index in [0.717, 1.165) is 5.56 Å². The number of hydrogen-bond acceptors (Lipinski definition) is 4. The fourth-order valence-corrected chi connectivity index (χ4v) is 1.79. The molecule has 0 spiro atoms. The Hall–Kier alpha value is -2.10. The molecule has 0 aromatic heterocycles. The van der Waals surface area contributed by atoms with Gasteiger partial charge in [-0.25, -0.2) is 0 Å². The van der Waals surface area contributed by atoms with Crippen LogP contribution in [0.15, 0.2) is 36.4 Å². The van der Waals surface area contributed by atoms with Gasteiger partial charge in [-0.1, -0.05) is 49.4 Å². The van der Waals surface area contributed by atoms with Gasteiger partial charge in [0.15, 0.2) is 0 Å². The zero-order chi connectivity index (χ0) is 15.7. The summed E-state index contributed by atoms with van der Waals surface area (Å²) in [5.74, 6) is -0.561. The van der Waals surface area contributed by atoms with E-state index in [2.05, 4.69) is 0 Å². The Bertz CT molecular complexity index is 479. The van der Waals surface area contributed by atoms with Crippen LogP contribution in [0.3, 0.4) is 0 Å². The quantitative estimate of drug-likeness (QED) is 0.724. The average Bonchev–Trinajstić information content (AvgIpc) is 2.45. The summed E-state index contributed by atoms with van der Waals surface area (Å²) in [7, 11) is 0. The topological polar surface area (TPSA) is 52.6 Å². The van der Waals surface area contributed by atoms with Gasteiger partial charge >= 0.3 is 11.9 Å². The Morgan fingerprint density at radius 2 is 1.62 bits per heavy atom. The van der Waals surface area contributed by atoms with E-state index >= 15 is 0 Å². The zero-order valence-electron chi connectivity index (χ0n) is 12.7. The van der Waals surface area contributed by atoms with Gasteiger partial charge in [-0.05, 0) is 11.5 Å². The zero-order valence-corrected chi connectivity index (χ0v) is 12.7. The molecule has 0 aliphatic carbocycles. The minimum Gasteiger partial charge on any atom is -0.466 e. The van der Waals surface area contributed by atoms with E-state index in [1.165, 1.54) is 13.8 Å². The molecule has 2 atom stereocenters. The minimum absolute atomic E-state index is 0.00606. The second-order valence-electron chi connectivity index (χ2n) is 5.02. The molecule has 1 aromatic rings. The Morgan fingerprint density at radius 3 is 2.19 bits per heavy atom. The molecule has 0 saturated heterocycles. The fraction of sp³-hybridized carbons (Fsp3) is 0.412. The number of ether oxygens (including phenoxy) is 2. The lowest BCUT2D eigenvalue weighted by atomic mass is 9.94. The predicted octanol–water partition coefficient (Wildman–Crippen LogP) is 3.08. The van der Waals surface area contributed by atoms with Crippen LogP contribution in [0.1, 0.15) is 26.3 Å². The second kappa shape index (κ2) is 8.95. The Morgan fingerprint density at radius 1 is 1.05 bits per heavy atom. The lowest BCUT2D eigenvalue weighted by molar-refractivity contribution is -0.145. The minimum atomic E-state index is -0.312. The molecule has 1 rings (SSSR count). The summed E-state index contributed by atoms with van der Waals surface area (Å²) >= 11 is 0. The summed E-state index contributed by atoms with van der Waals surface area (Å²) < 4.78 is 10.1. The van der Waals surface area contributed by atoms with Crippen LogP contribution in [-0.2, 0) is 19.1 Å². The van der Waals surface area contributed by atoms with Crippen LogP contribution in [0.25, 0.3) is 6.08 Å². The molecule has 0 saturated carbocycles. The summed E-state index contributed by atoms with van der Waals surface area (Å²) in [5, 5.41) is 0. The highest BCUT2D eigenvalue weighted by Gasteiger charge is 2.17. The fourth-order valence-electron chi connectivity index (χ4n) is 1.79. The molecular formula is C17H22O4. The molecular weight excluding hydrogens is 268 g/mol. The summed E-state index contributed by atoms with van der Waals surface area (Å²) in [6, 6.07) is 9.87. The average molecular weight is 290 g/mol. The van der Waals surface area contributed by atoms with Crippen LogP contribution in [0.2, 0.25) is 0 Å². The van der Waals surface area contributed by atoms with Gasteiger partial charge in [0.2, 0.25) is 0 Å². The molecule has 0 fully saturated rings. The summed E-state index contributed by atoms with van der Waals surface area (Å²) in [6.45, 7) is 5.32. The monoisotopic (exact) mass is 290 g/mol. The predicted molar refractivity (Wildman–Crippen MR) is 81.4 cm³/mol. The highest BCUT2D eigenvalue weighted by molar-refractivity contribution is 5.66. The van der Waals surface area contributed by atoms with Crippen molar-refractivity contribution < 1.29 is 19.1 Å². The number of carbonyl (C=O) groups is 2. The van der Waals surface area contributed by atoms with Crippen LogP contribution in [0, 0.1) is 11.8 Å². The molecule has 0 aliphatic heterocycles. The van der Waals surface area contributed by atoms with Gasteiger partial charge in [-0.2, -0.15) is 0 Å². The molecule has 1 aromatic carbocycles. The van der Waals surface area contributed by atoms with Crippen molar-refractivity contribution in [3.8, 4) is 0 Å². The third kappa shape index (κ3) is 7.30. The summed E-state index contributed by atoms with van der Waals surface area (Å²) in [5.41, 5.74) is 1.07. The van der Waals surface area contributed by atoms with Crippen LogP contribution < -0.4 is 0 Å². The molecule has 2 unspecified atom stereocenters. The van der Waals surface area contributed by atoms with E-state index in [9.17, 15) is 9.59 Å². The van der Waals surface area contributed by atoms with E-state index in [-0.39, 0.29) is 30.4 Å². The number of carbonyl (C=O) groups excluding carboxylic acids is 2. The van der Waals surface area contributed by atoms with Gasteiger partial charge in [0.25, 0.3) is 0 Å². The first-order valence-corrected chi connectivity index (χ1v) is 6.99. The molecule has 21 heavy (non-hydrogen) atoms. The Balaban J connectivity index is 2.68. The van der Waals surface area contributed by atoms with Crippen LogP contribution in [0.5, 0.6) is 0 Å². The maximum absolute atomic E-state index is 11.0. The molecule has 114 valence electrons. The number of hydrogen-bond donors (Lipinski definition) is 0. The molecule has 4 heteroatoms. The molecule has 0 aliphatic rings. The van der Waals surface area contributed by atoms with Crippen molar-refractivity contribution >= 4 is 18.0 Å². The van der Waals surface area contributed by atoms with Crippen molar-refractivity contribution in [3.05, 3.63) is 42.0 Å². The number of benzene rings is 1. The van der Waals surface area contributed by atoms with E-state index in [4.69, 9.17) is 9.47 Å². The summed E-state index contributed by atoms with van der Waals surface area (Å²) in [6.07, 6.45) is 3.98. The van der Waals surface area contributed by atoms with Crippen molar-refractivity contribution in [2.24, 2.45) is 11.8 Å². The lowest BCUT2D eigenvalue weighted by Gasteiger charge is -2.20. The van der Waals surface area contributed by atoms with Crippen molar-refractivity contribution in [2.45, 2.75) is 20.8 Å². The normalized spacial score (nSPS) is 13.7. The standard InChI is InChI=1S/C17H22O4/c1-13(11-20-14(2)18)17(12-21-15(3)19)10-9-16-7-5-4-6-8-16/h4-10,13,17H,11-12H2,1-3H3/b10-9+. The van der Waals surface area contributed by atoms with E-state index in [0.29, 0.717) is 6.61 Å². The van der Waals surface area contributed by atoms with E-state index in [1.807, 2.05) is 49.4 Å². The van der Waals surface area contributed by atoms with Crippen molar-refractivity contribution in [3.63, 3.8) is 0 Å². The highest BCUT2D eigenvalue weighted by atomic mass is 16.5. The van der Waals surface area contributed by atoms with Gasteiger partial charge in [0.05, 0.1) is 13.2 Å². The SMILES string of the molecule is CC(=O)OCC(C)C(/C=C/c1ccccc1)COC(C)=O. The van der Waals surface area contributed by atoms with Gasteiger partial charge < -0.3 is 9.47 Å². The molecule has 0 N–H and O–H groups in total. The first-order valence-electron chi connectivity index (χ1n) is 6.99. The van der Waals surface area contributed by atoms with E-state index < -0.39 is 0 Å².